The summed E-state index contributed by atoms with van der Waals surface area (Å²) in [5.74, 6) is 4.26. The summed E-state index contributed by atoms with van der Waals surface area (Å²) in [6.07, 6.45) is 12.3. The highest BCUT2D eigenvalue weighted by Crippen LogP contribution is 2.67. The zero-order valence-corrected chi connectivity index (χ0v) is 16.1. The van der Waals surface area contributed by atoms with Crippen molar-refractivity contribution in [2.75, 3.05) is 7.11 Å². The first-order valence-electron chi connectivity index (χ1n) is 10.4. The molecule has 4 rings (SSSR count). The van der Waals surface area contributed by atoms with Crippen LogP contribution in [-0.2, 0) is 9.53 Å². The van der Waals surface area contributed by atoms with Crippen LogP contribution in [0.3, 0.4) is 0 Å². The van der Waals surface area contributed by atoms with Crippen LogP contribution in [0.2, 0.25) is 0 Å². The normalized spacial score (nSPS) is 53.8. The molecule has 0 aliphatic heterocycles. The van der Waals surface area contributed by atoms with Gasteiger partial charge in [0.1, 0.15) is 5.78 Å². The summed E-state index contributed by atoms with van der Waals surface area (Å²) >= 11 is 0. The van der Waals surface area contributed by atoms with Crippen LogP contribution in [0.15, 0.2) is 0 Å². The molecule has 0 N–H and O–H groups in total. The van der Waals surface area contributed by atoms with Crippen LogP contribution < -0.4 is 0 Å². The third kappa shape index (κ3) is 2.27. The molecule has 8 atom stereocenters. The molecule has 0 radical (unpaired) electrons. The van der Waals surface area contributed by atoms with Gasteiger partial charge in [0.25, 0.3) is 0 Å². The average molecular weight is 333 g/mol. The molecule has 0 aromatic carbocycles. The van der Waals surface area contributed by atoms with Crippen LogP contribution in [0.25, 0.3) is 0 Å². The molecule has 4 saturated carbocycles. The summed E-state index contributed by atoms with van der Waals surface area (Å²) in [4.78, 5) is 12.2. The third-order valence-corrected chi connectivity index (χ3v) is 9.44. The Morgan fingerprint density at radius 2 is 1.62 bits per heavy atom. The molecule has 24 heavy (non-hydrogen) atoms. The summed E-state index contributed by atoms with van der Waals surface area (Å²) in [5.41, 5.74) is 0.841. The number of hydrogen-bond donors (Lipinski definition) is 0. The van der Waals surface area contributed by atoms with E-state index in [9.17, 15) is 4.79 Å². The van der Waals surface area contributed by atoms with Gasteiger partial charge in [-0.3, -0.25) is 4.79 Å². The van der Waals surface area contributed by atoms with E-state index in [4.69, 9.17) is 4.74 Å². The zero-order chi connectivity index (χ0) is 17.1. The van der Waals surface area contributed by atoms with Gasteiger partial charge < -0.3 is 4.74 Å². The Labute approximate surface area is 148 Å². The predicted molar refractivity (Wildman–Crippen MR) is 96.7 cm³/mol. The number of carbonyl (C=O) groups excluding carboxylic acids is 1. The van der Waals surface area contributed by atoms with Gasteiger partial charge in [0.15, 0.2) is 0 Å². The Morgan fingerprint density at radius 3 is 2.33 bits per heavy atom. The van der Waals surface area contributed by atoms with Crippen LogP contribution in [-0.4, -0.2) is 19.0 Å². The molecular weight excluding hydrogens is 296 g/mol. The van der Waals surface area contributed by atoms with Crippen molar-refractivity contribution in [2.24, 2.45) is 40.4 Å². The van der Waals surface area contributed by atoms with Gasteiger partial charge in [-0.05, 0) is 99.2 Å². The van der Waals surface area contributed by atoms with Gasteiger partial charge in [-0.1, -0.05) is 13.8 Å². The molecule has 0 aromatic rings. The van der Waals surface area contributed by atoms with E-state index in [1.165, 1.54) is 51.4 Å². The lowest BCUT2D eigenvalue weighted by atomic mass is 9.44. The second kappa shape index (κ2) is 5.83. The topological polar surface area (TPSA) is 26.3 Å². The molecular formula is C22H36O2. The number of ketones is 1. The predicted octanol–water partition coefficient (Wildman–Crippen LogP) is 5.25. The Hall–Kier alpha value is -0.370. The quantitative estimate of drug-likeness (QED) is 0.690. The van der Waals surface area contributed by atoms with Gasteiger partial charge in [0.05, 0.1) is 6.10 Å². The number of ether oxygens (including phenoxy) is 1. The largest absolute Gasteiger partial charge is 0.381 e. The van der Waals surface area contributed by atoms with E-state index in [0.717, 1.165) is 30.1 Å². The summed E-state index contributed by atoms with van der Waals surface area (Å²) < 4.78 is 5.71. The van der Waals surface area contributed by atoms with E-state index in [-0.39, 0.29) is 0 Å². The number of fused-ring (bicyclic) bond motifs is 5. The van der Waals surface area contributed by atoms with Crippen LogP contribution >= 0.6 is 0 Å². The standard InChI is InChI=1S/C22H36O2/c1-14(23)18-7-8-19-17-6-5-15-13-16(24-4)9-11-21(15,2)20(17)10-12-22(18,19)3/h15-20H,5-13H2,1-4H3/t15-,16+,17+,18-,19+,20+,21+,22-/m1/s1. The number of rotatable bonds is 2. The molecule has 0 heterocycles. The highest BCUT2D eigenvalue weighted by molar-refractivity contribution is 5.79. The van der Waals surface area contributed by atoms with Crippen molar-refractivity contribution in [1.29, 1.82) is 0 Å². The monoisotopic (exact) mass is 332 g/mol. The maximum atomic E-state index is 12.2. The van der Waals surface area contributed by atoms with Crippen molar-refractivity contribution in [1.82, 2.24) is 0 Å². The first kappa shape index (κ1) is 17.1. The first-order valence-corrected chi connectivity index (χ1v) is 10.4. The summed E-state index contributed by atoms with van der Waals surface area (Å²) in [7, 11) is 1.89. The van der Waals surface area contributed by atoms with Crippen molar-refractivity contribution in [2.45, 2.75) is 84.7 Å². The fourth-order valence-corrected chi connectivity index (χ4v) is 8.10. The molecule has 4 fully saturated rings. The highest BCUT2D eigenvalue weighted by Gasteiger charge is 2.60. The van der Waals surface area contributed by atoms with Crippen LogP contribution in [0.5, 0.6) is 0 Å². The Morgan fingerprint density at radius 1 is 0.917 bits per heavy atom. The number of carbonyl (C=O) groups is 1. The van der Waals surface area contributed by atoms with E-state index in [0.29, 0.717) is 28.6 Å². The zero-order valence-electron chi connectivity index (χ0n) is 16.1. The SMILES string of the molecule is CO[C@H]1CC[C@@]2(C)[C@H](CC[C@@H]3[C@@H]2CC[C@]2(C)[C@@H](C(C)=O)CC[C@@H]32)C1. The number of Topliss-reactive ketones (excluding diaryl/α,β-unsaturated/α-hetero) is 1. The second-order valence-electron chi connectivity index (χ2n) is 10.1. The molecule has 2 heteroatoms. The lowest BCUT2D eigenvalue weighted by molar-refractivity contribution is -0.140. The van der Waals surface area contributed by atoms with Crippen molar-refractivity contribution in [3.8, 4) is 0 Å². The Kier molecular flexibility index (Phi) is 4.14. The maximum Gasteiger partial charge on any atom is 0.133 e. The van der Waals surface area contributed by atoms with Gasteiger partial charge in [0, 0.05) is 13.0 Å². The summed E-state index contributed by atoms with van der Waals surface area (Å²) in [5, 5.41) is 0. The molecule has 0 amide bonds. The molecule has 4 aliphatic carbocycles. The first-order chi connectivity index (χ1) is 11.4. The van der Waals surface area contributed by atoms with Crippen molar-refractivity contribution in [3.05, 3.63) is 0 Å². The fraction of sp³-hybridized carbons (Fsp3) is 0.955. The average Bonchev–Trinajstić information content (AvgIpc) is 2.91. The van der Waals surface area contributed by atoms with Gasteiger partial charge in [-0.2, -0.15) is 0 Å². The minimum Gasteiger partial charge on any atom is -0.381 e. The molecule has 2 nitrogen and oxygen atoms in total. The third-order valence-electron chi connectivity index (χ3n) is 9.44. The van der Waals surface area contributed by atoms with Crippen molar-refractivity contribution >= 4 is 5.78 Å². The minimum absolute atomic E-state index is 0.305. The number of hydrogen-bond acceptors (Lipinski definition) is 2. The molecule has 0 bridgehead atoms. The lowest BCUT2D eigenvalue weighted by Gasteiger charge is -2.61. The molecule has 0 spiro atoms. The summed E-state index contributed by atoms with van der Waals surface area (Å²) in [6, 6.07) is 0. The van der Waals surface area contributed by atoms with Crippen LogP contribution in [0.1, 0.15) is 78.6 Å². The minimum atomic E-state index is 0.305. The van der Waals surface area contributed by atoms with Gasteiger partial charge in [0.2, 0.25) is 0 Å². The Bertz CT molecular complexity index is 514. The van der Waals surface area contributed by atoms with Gasteiger partial charge >= 0.3 is 0 Å². The number of methoxy groups -OCH3 is 1. The van der Waals surface area contributed by atoms with E-state index in [1.807, 2.05) is 14.0 Å². The van der Waals surface area contributed by atoms with E-state index < -0.39 is 0 Å². The van der Waals surface area contributed by atoms with Crippen LogP contribution in [0.4, 0.5) is 0 Å². The van der Waals surface area contributed by atoms with E-state index >= 15 is 0 Å². The molecule has 0 unspecified atom stereocenters. The smallest absolute Gasteiger partial charge is 0.133 e. The molecule has 0 saturated heterocycles. The lowest BCUT2D eigenvalue weighted by Crippen LogP contribution is -2.54. The highest BCUT2D eigenvalue weighted by atomic mass is 16.5. The second-order valence-corrected chi connectivity index (χ2v) is 10.1. The maximum absolute atomic E-state index is 12.2. The van der Waals surface area contributed by atoms with E-state index in [1.54, 1.807) is 0 Å². The van der Waals surface area contributed by atoms with Crippen molar-refractivity contribution < 1.29 is 9.53 Å². The van der Waals surface area contributed by atoms with Gasteiger partial charge in [-0.25, -0.2) is 0 Å². The molecule has 0 aromatic heterocycles. The fourth-order valence-electron chi connectivity index (χ4n) is 8.10. The molecule has 4 aliphatic rings. The van der Waals surface area contributed by atoms with Crippen molar-refractivity contribution in [3.63, 3.8) is 0 Å². The summed E-state index contributed by atoms with van der Waals surface area (Å²) in [6.45, 7) is 6.91. The van der Waals surface area contributed by atoms with Crippen LogP contribution in [0, 0.1) is 40.4 Å². The molecule has 136 valence electrons. The van der Waals surface area contributed by atoms with E-state index in [2.05, 4.69) is 13.8 Å². The van der Waals surface area contributed by atoms with Gasteiger partial charge in [-0.15, -0.1) is 0 Å². The Balaban J connectivity index is 1.59.